The van der Waals surface area contributed by atoms with Gasteiger partial charge in [0, 0.05) is 13.0 Å². The molecule has 0 aliphatic rings. The summed E-state index contributed by atoms with van der Waals surface area (Å²) in [6.45, 7) is 16.2. The van der Waals surface area contributed by atoms with Crippen LogP contribution in [0.5, 0.6) is 0 Å². The number of rotatable bonds is 6. The lowest BCUT2D eigenvalue weighted by Crippen LogP contribution is -2.40. The zero-order valence-corrected chi connectivity index (χ0v) is 14.7. The minimum absolute atomic E-state index is 0.159. The van der Waals surface area contributed by atoms with Crippen LogP contribution < -0.4 is 5.90 Å². The van der Waals surface area contributed by atoms with Crippen LogP contribution in [0.1, 0.15) is 47.5 Å². The Bertz CT molecular complexity index is 310. The minimum atomic E-state index is -1.64. The number of nitrogens with two attached hydrogens (primary N) is 1. The first-order valence-electron chi connectivity index (χ1n) is 7.08. The molecular formula is C15H31NO2Si. The summed E-state index contributed by atoms with van der Waals surface area (Å²) in [5, 5.41) is 0.251. The van der Waals surface area contributed by atoms with Crippen LogP contribution in [0.25, 0.3) is 0 Å². The van der Waals surface area contributed by atoms with E-state index >= 15 is 0 Å². The monoisotopic (exact) mass is 285 g/mol. The molecule has 19 heavy (non-hydrogen) atoms. The normalized spacial score (nSPS) is 14.2. The van der Waals surface area contributed by atoms with Crippen LogP contribution in [0.4, 0.5) is 0 Å². The summed E-state index contributed by atoms with van der Waals surface area (Å²) in [4.78, 5) is 4.86. The third kappa shape index (κ3) is 7.73. The van der Waals surface area contributed by atoms with Gasteiger partial charge in [0.2, 0.25) is 0 Å². The van der Waals surface area contributed by atoms with Crippen molar-refractivity contribution < 1.29 is 9.26 Å². The lowest BCUT2D eigenvalue weighted by atomic mass is 10.1. The second kappa shape index (κ2) is 8.06. The molecule has 0 saturated heterocycles. The fourth-order valence-electron chi connectivity index (χ4n) is 1.34. The maximum atomic E-state index is 6.05. The molecule has 0 radical (unpaired) electrons. The summed E-state index contributed by atoms with van der Waals surface area (Å²) in [5.41, 5.74) is 0. The van der Waals surface area contributed by atoms with Crippen molar-refractivity contribution in [1.29, 1.82) is 0 Å². The highest BCUT2D eigenvalue weighted by atomic mass is 28.4. The third-order valence-corrected chi connectivity index (χ3v) is 8.15. The summed E-state index contributed by atoms with van der Waals surface area (Å²) in [7, 11) is -1.64. The van der Waals surface area contributed by atoms with Gasteiger partial charge in [0.1, 0.15) is 6.10 Å². The van der Waals surface area contributed by atoms with Crippen molar-refractivity contribution in [2.75, 3.05) is 6.61 Å². The second-order valence-corrected chi connectivity index (χ2v) is 11.7. The van der Waals surface area contributed by atoms with Gasteiger partial charge in [0.05, 0.1) is 0 Å². The molecule has 1 atom stereocenters. The zero-order chi connectivity index (χ0) is 15.1. The predicted octanol–water partition coefficient (Wildman–Crippen LogP) is 3.71. The van der Waals surface area contributed by atoms with Gasteiger partial charge in [-0.25, -0.2) is 5.90 Å². The molecule has 3 nitrogen and oxygen atoms in total. The molecule has 0 aliphatic heterocycles. The average Bonchev–Trinajstić information content (AvgIpc) is 2.24. The van der Waals surface area contributed by atoms with Crippen LogP contribution in [-0.4, -0.2) is 21.0 Å². The molecule has 0 aromatic carbocycles. The van der Waals surface area contributed by atoms with E-state index in [1.807, 2.05) is 0 Å². The summed E-state index contributed by atoms with van der Waals surface area (Å²) < 4.78 is 6.05. The van der Waals surface area contributed by atoms with E-state index < -0.39 is 8.32 Å². The van der Waals surface area contributed by atoms with Gasteiger partial charge in [-0.1, -0.05) is 46.5 Å². The van der Waals surface area contributed by atoms with Crippen molar-refractivity contribution in [3.63, 3.8) is 0 Å². The quantitative estimate of drug-likeness (QED) is 0.350. The average molecular weight is 286 g/mol. The molecule has 0 spiro atoms. The fraction of sp³-hybridized carbons (Fsp3) is 0.867. The topological polar surface area (TPSA) is 44.5 Å². The highest BCUT2D eigenvalue weighted by Crippen LogP contribution is 2.36. The highest BCUT2D eigenvalue weighted by Gasteiger charge is 2.36. The molecular weight excluding hydrogens is 254 g/mol. The van der Waals surface area contributed by atoms with E-state index in [1.165, 1.54) is 0 Å². The molecule has 0 bridgehead atoms. The Morgan fingerprint density at radius 1 is 1.21 bits per heavy atom. The predicted molar refractivity (Wildman–Crippen MR) is 84.1 cm³/mol. The summed E-state index contributed by atoms with van der Waals surface area (Å²) in [6, 6.07) is 0. The Morgan fingerprint density at radius 3 is 2.21 bits per heavy atom. The first-order valence-corrected chi connectivity index (χ1v) is 9.99. The van der Waals surface area contributed by atoms with Gasteiger partial charge in [0.25, 0.3) is 0 Å². The lowest BCUT2D eigenvalue weighted by Gasteiger charge is -2.35. The van der Waals surface area contributed by atoms with Crippen molar-refractivity contribution >= 4 is 8.32 Å². The summed E-state index contributed by atoms with van der Waals surface area (Å²) in [5.74, 6) is 11.9. The molecule has 0 saturated carbocycles. The van der Waals surface area contributed by atoms with E-state index in [0.717, 1.165) is 12.8 Å². The second-order valence-electron chi connectivity index (χ2n) is 6.93. The van der Waals surface area contributed by atoms with Crippen molar-refractivity contribution in [2.45, 2.75) is 71.7 Å². The molecule has 0 aliphatic carbocycles. The Morgan fingerprint density at radius 2 is 1.79 bits per heavy atom. The van der Waals surface area contributed by atoms with Gasteiger partial charge < -0.3 is 4.43 Å². The number of hydrogen-bond acceptors (Lipinski definition) is 3. The van der Waals surface area contributed by atoms with Crippen LogP contribution in [0, 0.1) is 17.8 Å². The summed E-state index contributed by atoms with van der Waals surface area (Å²) >= 11 is 0. The van der Waals surface area contributed by atoms with E-state index in [9.17, 15) is 0 Å². The lowest BCUT2D eigenvalue weighted by molar-refractivity contribution is 0.0783. The molecule has 0 aromatic heterocycles. The van der Waals surface area contributed by atoms with Gasteiger partial charge in [-0.3, -0.25) is 4.84 Å². The van der Waals surface area contributed by atoms with Gasteiger partial charge in [-0.2, -0.15) is 0 Å². The van der Waals surface area contributed by atoms with Crippen LogP contribution >= 0.6 is 0 Å². The van der Waals surface area contributed by atoms with E-state index in [2.05, 4.69) is 59.6 Å². The van der Waals surface area contributed by atoms with Gasteiger partial charge in [0.15, 0.2) is 8.32 Å². The standard InChI is InChI=1S/C15H31NO2Si/c1-13(2)12-14(18-16)10-8-9-11-17-19(6,7)15(3,4)5/h13-14H,9,11-12,16H2,1-7H3. The van der Waals surface area contributed by atoms with Gasteiger partial charge in [-0.05, 0) is 30.5 Å². The Balaban J connectivity index is 4.11. The van der Waals surface area contributed by atoms with E-state index in [1.54, 1.807) is 0 Å². The zero-order valence-electron chi connectivity index (χ0n) is 13.7. The van der Waals surface area contributed by atoms with Crippen molar-refractivity contribution in [2.24, 2.45) is 11.8 Å². The Hall–Kier alpha value is -0.343. The Labute approximate surface area is 120 Å². The van der Waals surface area contributed by atoms with Crippen LogP contribution in [0.15, 0.2) is 0 Å². The maximum Gasteiger partial charge on any atom is 0.192 e. The number of hydrogen-bond donors (Lipinski definition) is 1. The van der Waals surface area contributed by atoms with E-state index in [4.69, 9.17) is 15.2 Å². The van der Waals surface area contributed by atoms with Crippen molar-refractivity contribution in [1.82, 2.24) is 0 Å². The maximum absolute atomic E-state index is 6.05. The van der Waals surface area contributed by atoms with Gasteiger partial charge in [-0.15, -0.1) is 0 Å². The fourth-order valence-corrected chi connectivity index (χ4v) is 2.38. The largest absolute Gasteiger partial charge is 0.416 e. The molecule has 0 aromatic rings. The Kier molecular flexibility index (Phi) is 7.91. The van der Waals surface area contributed by atoms with Crippen molar-refractivity contribution in [3.05, 3.63) is 0 Å². The molecule has 0 rings (SSSR count). The summed E-state index contributed by atoms with van der Waals surface area (Å²) in [6.07, 6.45) is 1.45. The first kappa shape index (κ1) is 18.7. The molecule has 112 valence electrons. The molecule has 2 N–H and O–H groups in total. The molecule has 0 amide bonds. The smallest absolute Gasteiger partial charge is 0.192 e. The molecule has 0 heterocycles. The third-order valence-electron chi connectivity index (χ3n) is 3.61. The molecule has 0 fully saturated rings. The molecule has 1 unspecified atom stereocenters. The highest BCUT2D eigenvalue weighted by molar-refractivity contribution is 6.74. The van der Waals surface area contributed by atoms with Crippen molar-refractivity contribution in [3.8, 4) is 11.8 Å². The van der Waals surface area contributed by atoms with Crippen LogP contribution in [0.2, 0.25) is 18.1 Å². The SMILES string of the molecule is CC(C)CC(C#CCCO[Si](C)(C)C(C)(C)C)ON. The van der Waals surface area contributed by atoms with Crippen LogP contribution in [0.3, 0.4) is 0 Å². The first-order chi connectivity index (χ1) is 8.60. The molecule has 4 heteroatoms. The van der Waals surface area contributed by atoms with Crippen LogP contribution in [-0.2, 0) is 9.26 Å². The van der Waals surface area contributed by atoms with Gasteiger partial charge >= 0.3 is 0 Å². The van der Waals surface area contributed by atoms with E-state index in [-0.39, 0.29) is 11.1 Å². The van der Waals surface area contributed by atoms with E-state index in [0.29, 0.717) is 12.5 Å². The minimum Gasteiger partial charge on any atom is -0.416 e.